The first kappa shape index (κ1) is 27.1. The van der Waals surface area contributed by atoms with Crippen LogP contribution in [0.2, 0.25) is 0 Å². The van der Waals surface area contributed by atoms with Gasteiger partial charge >= 0.3 is 0 Å². The summed E-state index contributed by atoms with van der Waals surface area (Å²) in [7, 11) is 0. The topological polar surface area (TPSA) is 49.6 Å². The molecule has 2 aromatic carbocycles. The minimum Gasteiger partial charge on any atom is -0.356 e. The molecule has 1 atom stereocenters. The number of likely N-dealkylation sites (tertiary alicyclic amines) is 1. The molecule has 1 aliphatic carbocycles. The molecule has 0 radical (unpaired) electrons. The van der Waals surface area contributed by atoms with Gasteiger partial charge in [0.2, 0.25) is 0 Å². The summed E-state index contributed by atoms with van der Waals surface area (Å²) >= 11 is 0. The van der Waals surface area contributed by atoms with E-state index in [-0.39, 0.29) is 17.9 Å². The molecule has 0 bridgehead atoms. The molecule has 5 heteroatoms. The van der Waals surface area contributed by atoms with Gasteiger partial charge in [0, 0.05) is 48.8 Å². The average Bonchev–Trinajstić information content (AvgIpc) is 3.47. The molecule has 1 saturated heterocycles. The minimum absolute atomic E-state index is 0.120. The van der Waals surface area contributed by atoms with Gasteiger partial charge in [-0.3, -0.25) is 4.79 Å². The highest BCUT2D eigenvalue weighted by Crippen LogP contribution is 2.29. The Kier molecular flexibility index (Phi) is 8.77. The van der Waals surface area contributed by atoms with Crippen molar-refractivity contribution in [2.45, 2.75) is 65.0 Å². The van der Waals surface area contributed by atoms with Crippen molar-refractivity contribution < 1.29 is 9.32 Å². The van der Waals surface area contributed by atoms with Crippen LogP contribution in [0.4, 0.5) is 0 Å². The molecule has 3 aromatic rings. The number of aryl methyl sites for hydroxylation is 1. The van der Waals surface area contributed by atoms with Gasteiger partial charge in [-0.2, -0.15) is 0 Å². The number of piperidine rings is 1. The SMILES string of the molecule is Cc1ccc(C(=O)N(Cc2ccc(-c3cc(C4C=CC=CC4)no3)cc2)C2CCN(CCC(C)C)CC2)cc1. The highest BCUT2D eigenvalue weighted by atomic mass is 16.5. The maximum absolute atomic E-state index is 13.8. The van der Waals surface area contributed by atoms with Crippen molar-refractivity contribution in [3.05, 3.63) is 101 Å². The Bertz CT molecular complexity index is 1280. The van der Waals surface area contributed by atoms with Gasteiger partial charge in [0.25, 0.3) is 5.91 Å². The van der Waals surface area contributed by atoms with Gasteiger partial charge in [-0.1, -0.05) is 85.3 Å². The van der Waals surface area contributed by atoms with E-state index in [2.05, 4.69) is 84.3 Å². The number of allylic oxidation sites excluding steroid dienone is 4. The van der Waals surface area contributed by atoms with E-state index >= 15 is 0 Å². The van der Waals surface area contributed by atoms with Crippen molar-refractivity contribution in [3.63, 3.8) is 0 Å². The van der Waals surface area contributed by atoms with Crippen LogP contribution in [0.1, 0.15) is 72.6 Å². The Labute approximate surface area is 233 Å². The average molecular weight is 524 g/mol. The normalized spacial score (nSPS) is 18.1. The minimum atomic E-state index is 0.120. The van der Waals surface area contributed by atoms with Crippen LogP contribution in [-0.2, 0) is 6.54 Å². The van der Waals surface area contributed by atoms with Crippen LogP contribution in [0.5, 0.6) is 0 Å². The molecule has 204 valence electrons. The summed E-state index contributed by atoms with van der Waals surface area (Å²) in [5.74, 6) is 1.88. The largest absolute Gasteiger partial charge is 0.356 e. The maximum atomic E-state index is 13.8. The van der Waals surface area contributed by atoms with Gasteiger partial charge < -0.3 is 14.3 Å². The molecule has 0 spiro atoms. The third kappa shape index (κ3) is 6.96. The molecule has 2 aliphatic rings. The number of nitrogens with zero attached hydrogens (tertiary/aromatic N) is 3. The zero-order valence-corrected chi connectivity index (χ0v) is 23.6. The lowest BCUT2D eigenvalue weighted by Gasteiger charge is -2.39. The highest BCUT2D eigenvalue weighted by molar-refractivity contribution is 5.94. The summed E-state index contributed by atoms with van der Waals surface area (Å²) in [6, 6.07) is 18.7. The second-order valence-electron chi connectivity index (χ2n) is 11.5. The highest BCUT2D eigenvalue weighted by Gasteiger charge is 2.29. The lowest BCUT2D eigenvalue weighted by molar-refractivity contribution is 0.0546. The van der Waals surface area contributed by atoms with Gasteiger partial charge in [0.05, 0.1) is 5.69 Å². The van der Waals surface area contributed by atoms with E-state index in [9.17, 15) is 4.79 Å². The third-order valence-electron chi connectivity index (χ3n) is 8.06. The van der Waals surface area contributed by atoms with Gasteiger partial charge in [-0.05, 0) is 62.8 Å². The first-order valence-corrected chi connectivity index (χ1v) is 14.5. The van der Waals surface area contributed by atoms with E-state index in [1.165, 1.54) is 12.0 Å². The number of aromatic nitrogens is 1. The smallest absolute Gasteiger partial charge is 0.254 e. The number of amides is 1. The molecule has 1 fully saturated rings. The first-order chi connectivity index (χ1) is 19.0. The molecule has 39 heavy (non-hydrogen) atoms. The lowest BCUT2D eigenvalue weighted by Crippen LogP contribution is -2.47. The summed E-state index contributed by atoms with van der Waals surface area (Å²) in [6.07, 6.45) is 12.7. The molecule has 0 N–H and O–H groups in total. The van der Waals surface area contributed by atoms with Crippen LogP contribution >= 0.6 is 0 Å². The van der Waals surface area contributed by atoms with E-state index < -0.39 is 0 Å². The molecule has 1 aromatic heterocycles. The van der Waals surface area contributed by atoms with Crippen LogP contribution in [0.25, 0.3) is 11.3 Å². The summed E-state index contributed by atoms with van der Waals surface area (Å²) in [5, 5.41) is 4.32. The molecule has 1 amide bonds. The fourth-order valence-corrected chi connectivity index (χ4v) is 5.49. The molecular formula is C34H41N3O2. The lowest BCUT2D eigenvalue weighted by atomic mass is 9.97. The van der Waals surface area contributed by atoms with Crippen molar-refractivity contribution in [1.29, 1.82) is 0 Å². The number of hydrogen-bond acceptors (Lipinski definition) is 4. The van der Waals surface area contributed by atoms with Crippen LogP contribution in [0, 0.1) is 12.8 Å². The van der Waals surface area contributed by atoms with E-state index in [0.29, 0.717) is 6.54 Å². The van der Waals surface area contributed by atoms with Gasteiger partial charge in [0.15, 0.2) is 5.76 Å². The molecule has 5 nitrogen and oxygen atoms in total. The third-order valence-corrected chi connectivity index (χ3v) is 8.06. The first-order valence-electron chi connectivity index (χ1n) is 14.5. The predicted molar refractivity (Wildman–Crippen MR) is 158 cm³/mol. The van der Waals surface area contributed by atoms with Crippen LogP contribution in [0.15, 0.2) is 83.4 Å². The van der Waals surface area contributed by atoms with Crippen molar-refractivity contribution in [2.75, 3.05) is 19.6 Å². The molecular weight excluding hydrogens is 482 g/mol. The Morgan fingerprint density at radius 1 is 1.05 bits per heavy atom. The van der Waals surface area contributed by atoms with Crippen LogP contribution in [-0.4, -0.2) is 46.5 Å². The number of rotatable bonds is 9. The number of carbonyl (C=O) groups excluding carboxylic acids is 1. The monoisotopic (exact) mass is 523 g/mol. The van der Waals surface area contributed by atoms with Crippen LogP contribution < -0.4 is 0 Å². The Hall–Kier alpha value is -3.44. The second kappa shape index (κ2) is 12.6. The van der Waals surface area contributed by atoms with Crippen molar-refractivity contribution in [2.24, 2.45) is 5.92 Å². The summed E-state index contributed by atoms with van der Waals surface area (Å²) in [4.78, 5) is 18.4. The number of benzene rings is 2. The maximum Gasteiger partial charge on any atom is 0.254 e. The Balaban J connectivity index is 1.29. The van der Waals surface area contributed by atoms with E-state index in [0.717, 1.165) is 73.0 Å². The van der Waals surface area contributed by atoms with Crippen molar-refractivity contribution >= 4 is 5.91 Å². The molecule has 1 unspecified atom stereocenters. The quantitative estimate of drug-likeness (QED) is 0.293. The fraction of sp³-hybridized carbons (Fsp3) is 0.412. The van der Waals surface area contributed by atoms with E-state index in [1.54, 1.807) is 0 Å². The zero-order valence-electron chi connectivity index (χ0n) is 23.6. The van der Waals surface area contributed by atoms with E-state index in [4.69, 9.17) is 4.52 Å². The van der Waals surface area contributed by atoms with Crippen molar-refractivity contribution in [3.8, 4) is 11.3 Å². The van der Waals surface area contributed by atoms with Crippen LogP contribution in [0.3, 0.4) is 0 Å². The summed E-state index contributed by atoms with van der Waals surface area (Å²) in [5.41, 5.74) is 5.02. The second-order valence-corrected chi connectivity index (χ2v) is 11.5. The summed E-state index contributed by atoms with van der Waals surface area (Å²) in [6.45, 7) is 10.5. The molecule has 2 heterocycles. The predicted octanol–water partition coefficient (Wildman–Crippen LogP) is 7.40. The van der Waals surface area contributed by atoms with Gasteiger partial charge in [0.1, 0.15) is 0 Å². The number of hydrogen-bond donors (Lipinski definition) is 0. The van der Waals surface area contributed by atoms with Crippen molar-refractivity contribution in [1.82, 2.24) is 15.0 Å². The van der Waals surface area contributed by atoms with Gasteiger partial charge in [-0.15, -0.1) is 0 Å². The molecule has 5 rings (SSSR count). The van der Waals surface area contributed by atoms with E-state index in [1.807, 2.05) is 30.3 Å². The summed E-state index contributed by atoms with van der Waals surface area (Å²) < 4.78 is 5.69. The molecule has 0 saturated carbocycles. The zero-order chi connectivity index (χ0) is 27.2. The van der Waals surface area contributed by atoms with Gasteiger partial charge in [-0.25, -0.2) is 0 Å². The fourth-order valence-electron chi connectivity index (χ4n) is 5.49. The standard InChI is InChI=1S/C34H41N3O2/c1-25(2)17-20-36-21-18-31(19-22-36)37(34(38)30-13-9-26(3)10-14-30)24-27-11-15-29(16-12-27)33-23-32(35-39-33)28-7-5-4-6-8-28/h4-7,9-16,23,25,28,31H,8,17-22,24H2,1-3H3. The Morgan fingerprint density at radius 3 is 2.46 bits per heavy atom. The number of carbonyl (C=O) groups is 1. The molecule has 1 aliphatic heterocycles. The Morgan fingerprint density at radius 2 is 1.79 bits per heavy atom.